The molecule has 0 aromatic carbocycles. The molecule has 0 rings (SSSR count). The highest BCUT2D eigenvalue weighted by Gasteiger charge is 1.97. The SMILES string of the molecule is CC(=O)NC(=O)CI. The Balaban J connectivity index is 3.40. The number of alkyl halides is 1. The zero-order valence-corrected chi connectivity index (χ0v) is 6.56. The average molecular weight is 227 g/mol. The van der Waals surface area contributed by atoms with E-state index in [0.717, 1.165) is 0 Å². The van der Waals surface area contributed by atoms with Crippen molar-refractivity contribution in [1.82, 2.24) is 5.32 Å². The fraction of sp³-hybridized carbons (Fsp3) is 0.500. The summed E-state index contributed by atoms with van der Waals surface area (Å²) in [5.74, 6) is -0.537. The molecule has 0 aliphatic carbocycles. The zero-order chi connectivity index (χ0) is 6.57. The van der Waals surface area contributed by atoms with Crippen LogP contribution in [0.5, 0.6) is 0 Å². The van der Waals surface area contributed by atoms with Gasteiger partial charge in [-0.3, -0.25) is 14.9 Å². The number of rotatable bonds is 1. The molecule has 8 heavy (non-hydrogen) atoms. The van der Waals surface area contributed by atoms with E-state index in [9.17, 15) is 9.59 Å². The molecule has 0 saturated heterocycles. The van der Waals surface area contributed by atoms with Crippen LogP contribution in [-0.4, -0.2) is 16.2 Å². The fourth-order valence-electron chi connectivity index (χ4n) is 0.230. The topological polar surface area (TPSA) is 46.2 Å². The molecule has 46 valence electrons. The molecule has 0 bridgehead atoms. The van der Waals surface area contributed by atoms with Crippen LogP contribution >= 0.6 is 22.6 Å². The van der Waals surface area contributed by atoms with Gasteiger partial charge < -0.3 is 0 Å². The largest absolute Gasteiger partial charge is 0.296 e. The quantitative estimate of drug-likeness (QED) is 0.509. The monoisotopic (exact) mass is 227 g/mol. The van der Waals surface area contributed by atoms with Gasteiger partial charge in [-0.2, -0.15) is 0 Å². The van der Waals surface area contributed by atoms with E-state index >= 15 is 0 Å². The Hall–Kier alpha value is -0.130. The van der Waals surface area contributed by atoms with Crippen LogP contribution in [0.4, 0.5) is 0 Å². The first-order valence-electron chi connectivity index (χ1n) is 2.03. The molecular weight excluding hydrogens is 221 g/mol. The summed E-state index contributed by atoms with van der Waals surface area (Å²) >= 11 is 1.88. The molecule has 0 atom stereocenters. The Morgan fingerprint density at radius 3 is 2.25 bits per heavy atom. The molecule has 3 nitrogen and oxygen atoms in total. The van der Waals surface area contributed by atoms with Crippen LogP contribution in [0.3, 0.4) is 0 Å². The minimum Gasteiger partial charge on any atom is -0.296 e. The van der Waals surface area contributed by atoms with Crippen molar-refractivity contribution < 1.29 is 9.59 Å². The lowest BCUT2D eigenvalue weighted by molar-refractivity contribution is -0.127. The summed E-state index contributed by atoms with van der Waals surface area (Å²) in [6, 6.07) is 0. The molecule has 0 aromatic rings. The second-order valence-corrected chi connectivity index (χ2v) is 2.00. The second kappa shape index (κ2) is 3.82. The first-order chi connectivity index (χ1) is 3.66. The molecule has 0 aromatic heterocycles. The Morgan fingerprint density at radius 1 is 1.62 bits per heavy atom. The van der Waals surface area contributed by atoms with Crippen LogP contribution in [0, 0.1) is 0 Å². The Morgan fingerprint density at radius 2 is 2.12 bits per heavy atom. The van der Waals surface area contributed by atoms with Gasteiger partial charge in [-0.25, -0.2) is 0 Å². The standard InChI is InChI=1S/C4H6INO2/c1-3(7)6-4(8)2-5/h2H2,1H3,(H,6,7,8). The molecule has 0 unspecified atom stereocenters. The number of amides is 2. The predicted molar refractivity (Wildman–Crippen MR) is 37.7 cm³/mol. The summed E-state index contributed by atoms with van der Waals surface area (Å²) in [6.07, 6.45) is 0. The van der Waals surface area contributed by atoms with E-state index in [-0.39, 0.29) is 11.8 Å². The number of halogens is 1. The number of nitrogens with one attached hydrogen (secondary N) is 1. The van der Waals surface area contributed by atoms with E-state index in [1.54, 1.807) is 0 Å². The van der Waals surface area contributed by atoms with Crippen molar-refractivity contribution in [3.63, 3.8) is 0 Å². The fourth-order valence-corrected chi connectivity index (χ4v) is 0.420. The number of imide groups is 1. The highest BCUT2D eigenvalue weighted by Crippen LogP contribution is 1.78. The third-order valence-corrected chi connectivity index (χ3v) is 1.13. The lowest BCUT2D eigenvalue weighted by atomic mass is 10.6. The van der Waals surface area contributed by atoms with Crippen LogP contribution in [0.15, 0.2) is 0 Å². The summed E-state index contributed by atoms with van der Waals surface area (Å²) in [6.45, 7) is 1.31. The summed E-state index contributed by atoms with van der Waals surface area (Å²) in [4.78, 5) is 20.4. The normalized spacial score (nSPS) is 8.25. The molecule has 0 fully saturated rings. The van der Waals surface area contributed by atoms with E-state index in [1.165, 1.54) is 6.92 Å². The average Bonchev–Trinajstić information content (AvgIpc) is 1.65. The maximum atomic E-state index is 10.3. The van der Waals surface area contributed by atoms with Gasteiger partial charge in [-0.15, -0.1) is 0 Å². The highest BCUT2D eigenvalue weighted by atomic mass is 127. The summed E-state index contributed by atoms with van der Waals surface area (Å²) in [5, 5.41) is 2.11. The molecule has 1 N–H and O–H groups in total. The molecular formula is C4H6INO2. The van der Waals surface area contributed by atoms with E-state index in [1.807, 2.05) is 22.6 Å². The number of hydrogen-bond donors (Lipinski definition) is 1. The van der Waals surface area contributed by atoms with Gasteiger partial charge in [0.05, 0.1) is 4.43 Å². The first kappa shape index (κ1) is 7.87. The van der Waals surface area contributed by atoms with E-state index < -0.39 is 0 Å². The molecule has 4 heteroatoms. The maximum Gasteiger partial charge on any atom is 0.236 e. The van der Waals surface area contributed by atoms with Crippen LogP contribution in [0.25, 0.3) is 0 Å². The summed E-state index contributed by atoms with van der Waals surface area (Å²) in [7, 11) is 0. The van der Waals surface area contributed by atoms with E-state index in [4.69, 9.17) is 0 Å². The minimum atomic E-state index is -0.299. The lowest BCUT2D eigenvalue weighted by Crippen LogP contribution is -2.28. The van der Waals surface area contributed by atoms with Crippen LogP contribution in [-0.2, 0) is 9.59 Å². The van der Waals surface area contributed by atoms with Crippen molar-refractivity contribution in [2.45, 2.75) is 6.92 Å². The van der Waals surface area contributed by atoms with Crippen LogP contribution in [0.1, 0.15) is 6.92 Å². The van der Waals surface area contributed by atoms with Gasteiger partial charge in [0.1, 0.15) is 0 Å². The van der Waals surface area contributed by atoms with Crippen molar-refractivity contribution in [3.05, 3.63) is 0 Å². The van der Waals surface area contributed by atoms with Gasteiger partial charge in [0.15, 0.2) is 0 Å². The minimum absolute atomic E-state index is 0.238. The molecule has 0 radical (unpaired) electrons. The molecule has 0 aliphatic rings. The molecule has 0 spiro atoms. The number of carbonyl (C=O) groups is 2. The van der Waals surface area contributed by atoms with Gasteiger partial charge >= 0.3 is 0 Å². The Kier molecular flexibility index (Phi) is 3.76. The van der Waals surface area contributed by atoms with E-state index in [2.05, 4.69) is 5.32 Å². The predicted octanol–water partition coefficient (Wildman–Crippen LogP) is 0.0841. The Labute approximate surface area is 61.0 Å². The van der Waals surface area contributed by atoms with Crippen LogP contribution in [0.2, 0.25) is 0 Å². The number of carbonyl (C=O) groups excluding carboxylic acids is 2. The van der Waals surface area contributed by atoms with Crippen molar-refractivity contribution in [2.75, 3.05) is 4.43 Å². The van der Waals surface area contributed by atoms with Crippen LogP contribution < -0.4 is 5.32 Å². The van der Waals surface area contributed by atoms with Crippen molar-refractivity contribution in [3.8, 4) is 0 Å². The maximum absolute atomic E-state index is 10.3. The number of hydrogen-bond acceptors (Lipinski definition) is 2. The van der Waals surface area contributed by atoms with Gasteiger partial charge in [-0.05, 0) is 0 Å². The van der Waals surface area contributed by atoms with Gasteiger partial charge in [0.25, 0.3) is 0 Å². The summed E-state index contributed by atoms with van der Waals surface area (Å²) in [5.41, 5.74) is 0. The molecule has 0 saturated carbocycles. The summed E-state index contributed by atoms with van der Waals surface area (Å²) < 4.78 is 0.331. The van der Waals surface area contributed by atoms with Gasteiger partial charge in [-0.1, -0.05) is 22.6 Å². The molecule has 0 heterocycles. The zero-order valence-electron chi connectivity index (χ0n) is 4.40. The smallest absolute Gasteiger partial charge is 0.236 e. The van der Waals surface area contributed by atoms with Crippen molar-refractivity contribution in [2.24, 2.45) is 0 Å². The third kappa shape index (κ3) is 4.04. The third-order valence-electron chi connectivity index (χ3n) is 0.437. The van der Waals surface area contributed by atoms with Crippen molar-refractivity contribution in [1.29, 1.82) is 0 Å². The second-order valence-electron chi connectivity index (χ2n) is 1.24. The first-order valence-corrected chi connectivity index (χ1v) is 3.55. The molecule has 0 aliphatic heterocycles. The van der Waals surface area contributed by atoms with Gasteiger partial charge in [0.2, 0.25) is 11.8 Å². The van der Waals surface area contributed by atoms with E-state index in [0.29, 0.717) is 4.43 Å². The van der Waals surface area contributed by atoms with Crippen molar-refractivity contribution >= 4 is 34.4 Å². The Bertz CT molecular complexity index is 113. The lowest BCUT2D eigenvalue weighted by Gasteiger charge is -1.92. The highest BCUT2D eigenvalue weighted by molar-refractivity contribution is 14.1. The molecule has 2 amide bonds. The van der Waals surface area contributed by atoms with Gasteiger partial charge in [0, 0.05) is 6.92 Å².